The molecule has 0 bridgehead atoms. The van der Waals surface area contributed by atoms with Crippen molar-refractivity contribution in [2.24, 2.45) is 5.92 Å². The quantitative estimate of drug-likeness (QED) is 0.663. The molecule has 1 heterocycles. The van der Waals surface area contributed by atoms with Crippen LogP contribution in [0.1, 0.15) is 19.3 Å². The maximum Gasteiger partial charge on any atom is 0.220 e. The molecule has 1 aliphatic heterocycles. The second kappa shape index (κ2) is 4.75. The number of rotatable bonds is 4. The van der Waals surface area contributed by atoms with Crippen LogP contribution in [0.2, 0.25) is 0 Å². The number of hydrogen-bond acceptors (Lipinski definition) is 3. The molecule has 2 rings (SSSR count). The molecule has 1 atom stereocenters. The molecule has 1 saturated carbocycles. The fourth-order valence-electron chi connectivity index (χ4n) is 1.64. The Balaban J connectivity index is 1.57. The first-order chi connectivity index (χ1) is 6.84. The van der Waals surface area contributed by atoms with E-state index < -0.39 is 0 Å². The third kappa shape index (κ3) is 3.27. The van der Waals surface area contributed by atoms with Gasteiger partial charge in [-0.1, -0.05) is 0 Å². The average Bonchev–Trinajstić information content (AvgIpc) is 3.00. The second-order valence-corrected chi connectivity index (χ2v) is 4.18. The van der Waals surface area contributed by atoms with E-state index >= 15 is 0 Å². The number of hydrogen-bond donors (Lipinski definition) is 2. The molecular formula is C10H18N2O2. The highest BCUT2D eigenvalue weighted by Gasteiger charge is 2.24. The van der Waals surface area contributed by atoms with E-state index in [4.69, 9.17) is 4.74 Å². The first-order valence-electron chi connectivity index (χ1n) is 5.42. The molecule has 1 unspecified atom stereocenters. The third-order valence-electron chi connectivity index (χ3n) is 2.72. The molecule has 4 nitrogen and oxygen atoms in total. The van der Waals surface area contributed by atoms with Gasteiger partial charge in [0.25, 0.3) is 0 Å². The van der Waals surface area contributed by atoms with Crippen molar-refractivity contribution in [2.75, 3.05) is 26.3 Å². The summed E-state index contributed by atoms with van der Waals surface area (Å²) in [5, 5.41) is 6.25. The Morgan fingerprint density at radius 1 is 1.50 bits per heavy atom. The first-order valence-corrected chi connectivity index (χ1v) is 5.42. The molecule has 2 fully saturated rings. The molecule has 1 aliphatic carbocycles. The van der Waals surface area contributed by atoms with E-state index in [0.29, 0.717) is 31.5 Å². The highest BCUT2D eigenvalue weighted by molar-refractivity contribution is 5.76. The van der Waals surface area contributed by atoms with Gasteiger partial charge in [-0.25, -0.2) is 0 Å². The van der Waals surface area contributed by atoms with Crippen LogP contribution in [0.15, 0.2) is 0 Å². The van der Waals surface area contributed by atoms with Crippen LogP contribution < -0.4 is 10.6 Å². The molecule has 0 aromatic heterocycles. The van der Waals surface area contributed by atoms with E-state index in [0.717, 1.165) is 13.2 Å². The third-order valence-corrected chi connectivity index (χ3v) is 2.72. The fraction of sp³-hybridized carbons (Fsp3) is 0.900. The summed E-state index contributed by atoms with van der Waals surface area (Å²) in [4.78, 5) is 11.4. The number of carbonyl (C=O) groups excluding carboxylic acids is 1. The van der Waals surface area contributed by atoms with Crippen molar-refractivity contribution in [1.29, 1.82) is 0 Å². The Morgan fingerprint density at radius 2 is 2.36 bits per heavy atom. The van der Waals surface area contributed by atoms with Gasteiger partial charge in [0.1, 0.15) is 0 Å². The van der Waals surface area contributed by atoms with E-state index in [1.54, 1.807) is 0 Å². The van der Waals surface area contributed by atoms with Crippen LogP contribution in [-0.4, -0.2) is 38.3 Å². The molecule has 2 N–H and O–H groups in total. The zero-order valence-corrected chi connectivity index (χ0v) is 8.42. The van der Waals surface area contributed by atoms with E-state index in [1.807, 2.05) is 0 Å². The average molecular weight is 198 g/mol. The van der Waals surface area contributed by atoms with E-state index in [2.05, 4.69) is 10.6 Å². The monoisotopic (exact) mass is 198 g/mol. The van der Waals surface area contributed by atoms with Gasteiger partial charge in [-0.2, -0.15) is 0 Å². The fourth-order valence-corrected chi connectivity index (χ4v) is 1.64. The topological polar surface area (TPSA) is 50.4 Å². The molecule has 1 amide bonds. The zero-order valence-electron chi connectivity index (χ0n) is 8.42. The van der Waals surface area contributed by atoms with Gasteiger partial charge in [0.15, 0.2) is 0 Å². The van der Waals surface area contributed by atoms with Crippen LogP contribution >= 0.6 is 0 Å². The summed E-state index contributed by atoms with van der Waals surface area (Å²) in [5.74, 6) is 0.866. The smallest absolute Gasteiger partial charge is 0.220 e. The Morgan fingerprint density at radius 3 is 3.00 bits per heavy atom. The summed E-state index contributed by atoms with van der Waals surface area (Å²) in [6.07, 6.45) is 3.18. The summed E-state index contributed by atoms with van der Waals surface area (Å²) in [7, 11) is 0. The number of ether oxygens (including phenoxy) is 1. The van der Waals surface area contributed by atoms with Crippen LogP contribution in [0.5, 0.6) is 0 Å². The van der Waals surface area contributed by atoms with Crippen molar-refractivity contribution >= 4 is 5.91 Å². The van der Waals surface area contributed by atoms with Crippen molar-refractivity contribution < 1.29 is 9.53 Å². The van der Waals surface area contributed by atoms with Crippen LogP contribution in [0, 0.1) is 5.92 Å². The summed E-state index contributed by atoms with van der Waals surface area (Å²) in [5.41, 5.74) is 0. The highest BCUT2D eigenvalue weighted by Crippen LogP contribution is 2.31. The van der Waals surface area contributed by atoms with Gasteiger partial charge in [0.05, 0.1) is 13.2 Å². The van der Waals surface area contributed by atoms with Gasteiger partial charge in [0.2, 0.25) is 5.91 Å². The Bertz CT molecular complexity index is 198. The van der Waals surface area contributed by atoms with Gasteiger partial charge >= 0.3 is 0 Å². The van der Waals surface area contributed by atoms with E-state index in [1.165, 1.54) is 12.8 Å². The second-order valence-electron chi connectivity index (χ2n) is 4.18. The van der Waals surface area contributed by atoms with E-state index in [-0.39, 0.29) is 5.91 Å². The lowest BCUT2D eigenvalue weighted by Crippen LogP contribution is -2.48. The van der Waals surface area contributed by atoms with Crippen molar-refractivity contribution in [2.45, 2.75) is 25.3 Å². The predicted molar refractivity (Wildman–Crippen MR) is 53.0 cm³/mol. The van der Waals surface area contributed by atoms with Crippen molar-refractivity contribution in [1.82, 2.24) is 10.6 Å². The largest absolute Gasteiger partial charge is 0.378 e. The lowest BCUT2D eigenvalue weighted by atomic mass is 10.2. The van der Waals surface area contributed by atoms with Crippen molar-refractivity contribution in [3.8, 4) is 0 Å². The molecular weight excluding hydrogens is 180 g/mol. The molecule has 80 valence electrons. The number of amides is 1. The van der Waals surface area contributed by atoms with Crippen LogP contribution in [0.4, 0.5) is 0 Å². The molecule has 0 aromatic carbocycles. The SMILES string of the molecule is O=C(CC1CC1)NCC1COCCN1. The Labute approximate surface area is 84.4 Å². The molecule has 1 saturated heterocycles. The zero-order chi connectivity index (χ0) is 9.80. The van der Waals surface area contributed by atoms with Crippen LogP contribution in [0.3, 0.4) is 0 Å². The number of morpholine rings is 1. The van der Waals surface area contributed by atoms with Crippen LogP contribution in [-0.2, 0) is 9.53 Å². The molecule has 0 aromatic rings. The molecule has 14 heavy (non-hydrogen) atoms. The van der Waals surface area contributed by atoms with Crippen LogP contribution in [0.25, 0.3) is 0 Å². The minimum atomic E-state index is 0.194. The van der Waals surface area contributed by atoms with Crippen molar-refractivity contribution in [3.05, 3.63) is 0 Å². The van der Waals surface area contributed by atoms with Gasteiger partial charge in [-0.05, 0) is 18.8 Å². The Hall–Kier alpha value is -0.610. The predicted octanol–water partition coefficient (Wildman–Crippen LogP) is -0.109. The van der Waals surface area contributed by atoms with Gasteiger partial charge < -0.3 is 15.4 Å². The van der Waals surface area contributed by atoms with Gasteiger partial charge in [0, 0.05) is 25.6 Å². The van der Waals surface area contributed by atoms with Gasteiger partial charge in [-0.15, -0.1) is 0 Å². The lowest BCUT2D eigenvalue weighted by Gasteiger charge is -2.23. The summed E-state index contributed by atoms with van der Waals surface area (Å²) in [6.45, 7) is 3.09. The van der Waals surface area contributed by atoms with Crippen molar-refractivity contribution in [3.63, 3.8) is 0 Å². The van der Waals surface area contributed by atoms with Gasteiger partial charge in [-0.3, -0.25) is 4.79 Å². The number of nitrogens with one attached hydrogen (secondary N) is 2. The maximum absolute atomic E-state index is 11.4. The summed E-state index contributed by atoms with van der Waals surface area (Å²) < 4.78 is 5.29. The molecule has 0 spiro atoms. The maximum atomic E-state index is 11.4. The molecule has 0 radical (unpaired) electrons. The summed E-state index contributed by atoms with van der Waals surface area (Å²) in [6, 6.07) is 0.298. The molecule has 2 aliphatic rings. The first kappa shape index (κ1) is 9.93. The normalized spacial score (nSPS) is 27.3. The summed E-state index contributed by atoms with van der Waals surface area (Å²) >= 11 is 0. The Kier molecular flexibility index (Phi) is 3.37. The standard InChI is InChI=1S/C10H18N2O2/c13-10(5-8-1-2-8)12-6-9-7-14-4-3-11-9/h8-9,11H,1-7H2,(H,12,13). The number of carbonyl (C=O) groups is 1. The highest BCUT2D eigenvalue weighted by atomic mass is 16.5. The lowest BCUT2D eigenvalue weighted by molar-refractivity contribution is -0.121. The minimum Gasteiger partial charge on any atom is -0.378 e. The van der Waals surface area contributed by atoms with E-state index in [9.17, 15) is 4.79 Å². The molecule has 4 heteroatoms. The minimum absolute atomic E-state index is 0.194.